The second-order valence-electron chi connectivity index (χ2n) is 0.912. The van der Waals surface area contributed by atoms with E-state index in [1.165, 1.54) is 6.08 Å². The van der Waals surface area contributed by atoms with Crippen LogP contribution in [0.25, 0.3) is 0 Å². The van der Waals surface area contributed by atoms with Crippen molar-refractivity contribution >= 4 is 6.09 Å². The van der Waals surface area contributed by atoms with E-state index in [0.29, 0.717) is 0 Å². The van der Waals surface area contributed by atoms with Gasteiger partial charge in [-0.2, -0.15) is 0 Å². The molecule has 3 nitrogen and oxygen atoms in total. The van der Waals surface area contributed by atoms with E-state index < -0.39 is 6.09 Å². The predicted molar refractivity (Wildman–Crippen MR) is 25.2 cm³/mol. The van der Waals surface area contributed by atoms with Crippen LogP contribution < -0.4 is 5.32 Å². The Bertz CT molecular complexity index is 79.8. The third-order valence-electron chi connectivity index (χ3n) is 0.356. The Kier molecular flexibility index (Phi) is 2.76. The summed E-state index contributed by atoms with van der Waals surface area (Å²) in [6.45, 7) is 3.47. The van der Waals surface area contributed by atoms with Crippen molar-refractivity contribution in [3.63, 3.8) is 0 Å². The van der Waals surface area contributed by atoms with Crippen LogP contribution in [0.3, 0.4) is 0 Å². The largest absolute Gasteiger partial charge is 0.464 e. The molecule has 7 heavy (non-hydrogen) atoms. The molecule has 0 unspecified atom stereocenters. The number of amides is 1. The van der Waals surface area contributed by atoms with E-state index >= 15 is 0 Å². The van der Waals surface area contributed by atoms with Gasteiger partial charge in [0.15, 0.2) is 0 Å². The van der Waals surface area contributed by atoms with Gasteiger partial charge in [0, 0.05) is 0 Å². The molecule has 0 bridgehead atoms. The maximum Gasteiger partial charge on any atom is 0.426 e. The van der Waals surface area contributed by atoms with Crippen LogP contribution in [-0.2, 0) is 0 Å². The molecule has 0 saturated carbocycles. The van der Waals surface area contributed by atoms with Gasteiger partial charge >= 0.3 is 6.09 Å². The number of hydrogen-bond acceptors (Lipinski definition) is 1. The topological polar surface area (TPSA) is 51.4 Å². The summed E-state index contributed by atoms with van der Waals surface area (Å²) in [5.41, 5.74) is 0. The minimum atomic E-state index is -1.14. The number of carbonyl (C=O) groups is 1. The van der Waals surface area contributed by atoms with Crippen molar-refractivity contribution in [2.24, 2.45) is 0 Å². The zero-order valence-corrected chi connectivity index (χ0v) is 3.79. The van der Waals surface area contributed by atoms with Gasteiger partial charge in [-0.05, 0) is 0 Å². The van der Waals surface area contributed by atoms with Crippen LogP contribution in [0.5, 0.6) is 0 Å². The molecule has 0 aromatic carbocycles. The lowest BCUT2D eigenvalue weighted by Gasteiger charge is -1.84. The molecule has 0 saturated heterocycles. The molecule has 0 heterocycles. The van der Waals surface area contributed by atoms with Gasteiger partial charge in [-0.3, -0.25) is 0 Å². The maximum absolute atomic E-state index is 9.54. The normalized spacial score (nSPS) is 7.43. The van der Waals surface area contributed by atoms with Crippen LogP contribution in [-0.4, -0.2) is 17.7 Å². The van der Waals surface area contributed by atoms with Crippen LogP contribution in [0.1, 0.15) is 0 Å². The summed E-state index contributed by atoms with van der Waals surface area (Å²) in [5.74, 6) is 0. The van der Waals surface area contributed by atoms with Crippen molar-refractivity contribution in [1.29, 1.82) is 0 Å². The first-order chi connectivity index (χ1) is 3.27. The first-order valence-corrected chi connectivity index (χ1v) is 1.78. The van der Waals surface area contributed by atoms with Crippen molar-refractivity contribution in [1.82, 2.24) is 5.32 Å². The molecule has 0 rings (SSSR count). The standard InChI is InChI=1S/C4H6NO2/c1-2-3-5-4(6)7/h2H,1,3H2,(H,6,7)/i4+2. The Labute approximate surface area is 41.7 Å². The van der Waals surface area contributed by atoms with E-state index in [1.54, 1.807) is 0 Å². The minimum absolute atomic E-state index is 0.190. The summed E-state index contributed by atoms with van der Waals surface area (Å²) in [7, 11) is 0. The molecule has 0 atom stereocenters. The van der Waals surface area contributed by atoms with Crippen LogP contribution in [0.15, 0.2) is 12.7 Å². The lowest BCUT2D eigenvalue weighted by molar-refractivity contribution is 0.194. The Morgan fingerprint density at radius 1 is 2.00 bits per heavy atom. The maximum atomic E-state index is 9.54. The molecule has 0 aliphatic rings. The van der Waals surface area contributed by atoms with E-state index in [2.05, 4.69) is 11.9 Å². The molecule has 39 valence electrons. The summed E-state index contributed by atoms with van der Waals surface area (Å²) in [6.07, 6.45) is 0.286. The van der Waals surface area contributed by atoms with Crippen molar-refractivity contribution in [3.05, 3.63) is 12.7 Å². The summed E-state index contributed by atoms with van der Waals surface area (Å²) in [5, 5.41) is 10.9. The Morgan fingerprint density at radius 2 is 2.57 bits per heavy atom. The number of hydrogen-bond donors (Lipinski definition) is 1. The molecule has 0 aliphatic heterocycles. The third kappa shape index (κ3) is 5.01. The van der Waals surface area contributed by atoms with Crippen molar-refractivity contribution in [2.45, 2.75) is 0 Å². The number of rotatable bonds is 2. The highest BCUT2D eigenvalue weighted by Crippen LogP contribution is 1.63. The van der Waals surface area contributed by atoms with Crippen molar-refractivity contribution in [2.75, 3.05) is 6.54 Å². The van der Waals surface area contributed by atoms with Crippen molar-refractivity contribution in [3.8, 4) is 0 Å². The summed E-state index contributed by atoms with van der Waals surface area (Å²) in [6, 6.07) is 0. The molecule has 1 radical (unpaired) electrons. The van der Waals surface area contributed by atoms with Crippen LogP contribution in [0.2, 0.25) is 0 Å². The van der Waals surface area contributed by atoms with E-state index in [4.69, 9.17) is 5.11 Å². The lowest BCUT2D eigenvalue weighted by Crippen LogP contribution is -2.11. The highest BCUT2D eigenvalue weighted by Gasteiger charge is 1.88. The van der Waals surface area contributed by atoms with Gasteiger partial charge in [0.05, 0.1) is 6.54 Å². The van der Waals surface area contributed by atoms with Gasteiger partial charge < -0.3 is 5.11 Å². The van der Waals surface area contributed by atoms with E-state index in [-0.39, 0.29) is 6.54 Å². The minimum Gasteiger partial charge on any atom is -0.464 e. The lowest BCUT2D eigenvalue weighted by atomic mass is 10.7. The molecule has 3 heteroatoms. The highest BCUT2D eigenvalue weighted by atomic mass is 16.7. The molecule has 1 amide bonds. The molecular formula is C4H6NO2. The summed E-state index contributed by atoms with van der Waals surface area (Å²) >= 11 is 0. The van der Waals surface area contributed by atoms with Gasteiger partial charge in [-0.15, -0.1) is 6.58 Å². The van der Waals surface area contributed by atoms with Crippen LogP contribution in [0, 0.1) is 0 Å². The average molecular weight is 102 g/mol. The zero-order valence-electron chi connectivity index (χ0n) is 3.79. The Morgan fingerprint density at radius 3 is 2.71 bits per heavy atom. The van der Waals surface area contributed by atoms with E-state index in [1.807, 2.05) is 0 Å². The number of nitrogens with zero attached hydrogens (tertiary/aromatic N) is 1. The summed E-state index contributed by atoms with van der Waals surface area (Å²) < 4.78 is 0. The van der Waals surface area contributed by atoms with Gasteiger partial charge in [0.1, 0.15) is 0 Å². The third-order valence-corrected chi connectivity index (χ3v) is 0.356. The molecule has 0 aliphatic carbocycles. The smallest absolute Gasteiger partial charge is 0.426 e. The molecule has 0 spiro atoms. The second-order valence-corrected chi connectivity index (χ2v) is 0.912. The Hall–Kier alpha value is -0.990. The SMILES string of the molecule is C=CC[N][14C](=O)O. The first kappa shape index (κ1) is 6.01. The van der Waals surface area contributed by atoms with Gasteiger partial charge in [0.25, 0.3) is 0 Å². The average Bonchev–Trinajstić information content (AvgIpc) is 1.61. The molecule has 1 N–H and O–H groups in total. The molecular weight excluding hydrogens is 96.0 g/mol. The van der Waals surface area contributed by atoms with Gasteiger partial charge in [0.2, 0.25) is 0 Å². The molecule has 0 aromatic rings. The quantitative estimate of drug-likeness (QED) is 0.515. The highest BCUT2D eigenvalue weighted by molar-refractivity contribution is 5.64. The zero-order chi connectivity index (χ0) is 5.70. The molecule has 0 aromatic heterocycles. The monoisotopic (exact) mass is 102 g/mol. The second kappa shape index (κ2) is 3.21. The number of carboxylic acid groups (broad SMARTS) is 1. The van der Waals surface area contributed by atoms with Crippen LogP contribution >= 0.6 is 0 Å². The fourth-order valence-electron chi connectivity index (χ4n) is 0.143. The van der Waals surface area contributed by atoms with Crippen LogP contribution in [0.4, 0.5) is 4.79 Å². The van der Waals surface area contributed by atoms with Gasteiger partial charge in [-0.25, -0.2) is 10.1 Å². The fourth-order valence-corrected chi connectivity index (χ4v) is 0.143. The van der Waals surface area contributed by atoms with Gasteiger partial charge in [-0.1, -0.05) is 6.08 Å². The molecule has 0 fully saturated rings. The first-order valence-electron chi connectivity index (χ1n) is 1.78. The van der Waals surface area contributed by atoms with E-state index in [9.17, 15) is 4.79 Å². The fraction of sp³-hybridized carbons (Fsp3) is 0.250. The predicted octanol–water partition coefficient (Wildman–Crippen LogP) is 0.455. The van der Waals surface area contributed by atoms with Crippen molar-refractivity contribution < 1.29 is 9.90 Å². The Balaban J connectivity index is 2.97. The summed E-state index contributed by atoms with van der Waals surface area (Å²) in [4.78, 5) is 9.54. The van der Waals surface area contributed by atoms with E-state index in [0.717, 1.165) is 0 Å².